The van der Waals surface area contributed by atoms with Gasteiger partial charge in [-0.25, -0.2) is 0 Å². The second kappa shape index (κ2) is 6.57. The van der Waals surface area contributed by atoms with Crippen molar-refractivity contribution in [2.45, 2.75) is 19.3 Å². The fraction of sp³-hybridized carbons (Fsp3) is 0.571. The third kappa shape index (κ3) is 6.33. The zero-order valence-electron chi connectivity index (χ0n) is 6.13. The number of rotatable bonds is 4. The smallest absolute Gasteiger partial charge is 0.220 e. The van der Waals surface area contributed by atoms with Crippen LogP contribution in [0.15, 0.2) is 0 Å². The lowest BCUT2D eigenvalue weighted by molar-refractivity contribution is -0.120. The SMILES string of the molecule is N#CCCCC(=O)NCC#N. The molecule has 0 atom stereocenters. The van der Waals surface area contributed by atoms with Crippen molar-refractivity contribution < 1.29 is 4.79 Å². The molecule has 0 aliphatic heterocycles. The third-order valence-electron chi connectivity index (χ3n) is 1.06. The molecular weight excluding hydrogens is 142 g/mol. The molecule has 0 aromatic heterocycles. The van der Waals surface area contributed by atoms with Crippen LogP contribution in [0.5, 0.6) is 0 Å². The molecule has 0 aliphatic rings. The van der Waals surface area contributed by atoms with Gasteiger partial charge in [0.25, 0.3) is 0 Å². The van der Waals surface area contributed by atoms with Crippen LogP contribution in [0, 0.1) is 22.7 Å². The summed E-state index contributed by atoms with van der Waals surface area (Å²) in [6, 6.07) is 3.73. The average molecular weight is 151 g/mol. The third-order valence-corrected chi connectivity index (χ3v) is 1.06. The molecule has 0 aliphatic carbocycles. The minimum absolute atomic E-state index is 0.0470. The fourth-order valence-corrected chi connectivity index (χ4v) is 0.555. The predicted molar refractivity (Wildman–Crippen MR) is 38.1 cm³/mol. The number of unbranched alkanes of at least 4 members (excludes halogenated alkanes) is 1. The number of hydrogen-bond donors (Lipinski definition) is 1. The largest absolute Gasteiger partial charge is 0.343 e. The highest BCUT2D eigenvalue weighted by atomic mass is 16.1. The standard InChI is InChI=1S/C7H9N3O/c8-4-2-1-3-7(11)10-6-5-9/h1-3,6H2,(H,10,11). The maximum Gasteiger partial charge on any atom is 0.220 e. The van der Waals surface area contributed by atoms with Crippen molar-refractivity contribution in [1.29, 1.82) is 10.5 Å². The number of carbonyl (C=O) groups is 1. The molecule has 0 fully saturated rings. The first kappa shape index (κ1) is 9.45. The highest BCUT2D eigenvalue weighted by Crippen LogP contribution is 1.92. The van der Waals surface area contributed by atoms with E-state index in [1.54, 1.807) is 6.07 Å². The molecule has 0 rings (SSSR count). The number of carbonyl (C=O) groups excluding carboxylic acids is 1. The topological polar surface area (TPSA) is 76.7 Å². The van der Waals surface area contributed by atoms with Gasteiger partial charge in [-0.2, -0.15) is 10.5 Å². The van der Waals surface area contributed by atoms with Gasteiger partial charge < -0.3 is 5.32 Å². The molecule has 0 spiro atoms. The Bertz CT molecular complexity index is 199. The van der Waals surface area contributed by atoms with Crippen molar-refractivity contribution in [3.05, 3.63) is 0 Å². The molecule has 4 nitrogen and oxygen atoms in total. The summed E-state index contributed by atoms with van der Waals surface area (Å²) < 4.78 is 0. The fourth-order valence-electron chi connectivity index (χ4n) is 0.555. The van der Waals surface area contributed by atoms with Crippen LogP contribution in [0.2, 0.25) is 0 Å². The summed E-state index contributed by atoms with van der Waals surface area (Å²) in [6.45, 7) is 0.0470. The molecule has 0 saturated heterocycles. The number of nitriles is 2. The minimum Gasteiger partial charge on any atom is -0.343 e. The lowest BCUT2D eigenvalue weighted by Gasteiger charge is -1.96. The Morgan fingerprint density at radius 2 is 2.09 bits per heavy atom. The van der Waals surface area contributed by atoms with Crippen molar-refractivity contribution in [3.63, 3.8) is 0 Å². The number of hydrogen-bond acceptors (Lipinski definition) is 3. The van der Waals surface area contributed by atoms with E-state index in [-0.39, 0.29) is 12.5 Å². The summed E-state index contributed by atoms with van der Waals surface area (Å²) in [7, 11) is 0. The van der Waals surface area contributed by atoms with Gasteiger partial charge in [-0.3, -0.25) is 4.79 Å². The van der Waals surface area contributed by atoms with E-state index in [9.17, 15) is 4.79 Å². The van der Waals surface area contributed by atoms with Crippen LogP contribution in [-0.4, -0.2) is 12.5 Å². The lowest BCUT2D eigenvalue weighted by atomic mass is 10.2. The summed E-state index contributed by atoms with van der Waals surface area (Å²) in [5.41, 5.74) is 0. The van der Waals surface area contributed by atoms with Gasteiger partial charge >= 0.3 is 0 Å². The molecular formula is C7H9N3O. The van der Waals surface area contributed by atoms with Gasteiger partial charge in [0.05, 0.1) is 12.1 Å². The maximum atomic E-state index is 10.7. The van der Waals surface area contributed by atoms with Crippen molar-refractivity contribution in [1.82, 2.24) is 5.32 Å². The molecule has 0 unspecified atom stereocenters. The normalized spacial score (nSPS) is 7.82. The number of nitrogens with one attached hydrogen (secondary N) is 1. The zero-order valence-corrected chi connectivity index (χ0v) is 6.13. The second-order valence-corrected chi connectivity index (χ2v) is 1.95. The van der Waals surface area contributed by atoms with E-state index in [4.69, 9.17) is 10.5 Å². The summed E-state index contributed by atoms with van der Waals surface area (Å²) in [5.74, 6) is -0.165. The van der Waals surface area contributed by atoms with Crippen LogP contribution >= 0.6 is 0 Å². The first-order valence-corrected chi connectivity index (χ1v) is 3.32. The maximum absolute atomic E-state index is 10.7. The van der Waals surface area contributed by atoms with Crippen molar-refractivity contribution in [2.75, 3.05) is 6.54 Å². The second-order valence-electron chi connectivity index (χ2n) is 1.95. The molecule has 58 valence electrons. The Morgan fingerprint density at radius 3 is 2.64 bits per heavy atom. The molecule has 0 aromatic carbocycles. The van der Waals surface area contributed by atoms with Crippen molar-refractivity contribution in [3.8, 4) is 12.1 Å². The van der Waals surface area contributed by atoms with Gasteiger partial charge in [0.1, 0.15) is 6.54 Å². The Kier molecular flexibility index (Phi) is 5.64. The van der Waals surface area contributed by atoms with Crippen LogP contribution in [0.1, 0.15) is 19.3 Å². The molecule has 0 saturated carbocycles. The lowest BCUT2D eigenvalue weighted by Crippen LogP contribution is -2.22. The quantitative estimate of drug-likeness (QED) is 0.464. The molecule has 1 amide bonds. The Labute approximate surface area is 65.4 Å². The predicted octanol–water partition coefficient (Wildman–Crippen LogP) is 0.320. The molecule has 0 radical (unpaired) electrons. The van der Waals surface area contributed by atoms with E-state index in [1.165, 1.54) is 0 Å². The van der Waals surface area contributed by atoms with Gasteiger partial charge in [-0.15, -0.1) is 0 Å². The van der Waals surface area contributed by atoms with E-state index < -0.39 is 0 Å². The van der Waals surface area contributed by atoms with Crippen molar-refractivity contribution in [2.24, 2.45) is 0 Å². The van der Waals surface area contributed by atoms with Gasteiger partial charge in [0.15, 0.2) is 0 Å². The monoisotopic (exact) mass is 151 g/mol. The Hall–Kier alpha value is -1.55. The average Bonchev–Trinajstić information content (AvgIpc) is 2.01. The van der Waals surface area contributed by atoms with Crippen LogP contribution in [-0.2, 0) is 4.79 Å². The van der Waals surface area contributed by atoms with E-state index in [2.05, 4.69) is 5.32 Å². The van der Waals surface area contributed by atoms with Crippen molar-refractivity contribution >= 4 is 5.91 Å². The van der Waals surface area contributed by atoms with E-state index in [0.29, 0.717) is 19.3 Å². The van der Waals surface area contributed by atoms with Gasteiger partial charge in [0.2, 0.25) is 5.91 Å². The zero-order chi connectivity index (χ0) is 8.53. The van der Waals surface area contributed by atoms with E-state index in [1.807, 2.05) is 6.07 Å². The molecule has 1 N–H and O–H groups in total. The molecule has 0 bridgehead atoms. The Balaban J connectivity index is 3.26. The summed E-state index contributed by atoms with van der Waals surface area (Å²) >= 11 is 0. The number of nitrogens with zero attached hydrogens (tertiary/aromatic N) is 2. The highest BCUT2D eigenvalue weighted by molar-refractivity contribution is 5.76. The summed E-state index contributed by atoms with van der Waals surface area (Å²) in [6.07, 6.45) is 1.28. The van der Waals surface area contributed by atoms with Crippen LogP contribution in [0.4, 0.5) is 0 Å². The molecule has 4 heteroatoms. The molecule has 0 aromatic rings. The summed E-state index contributed by atoms with van der Waals surface area (Å²) in [5, 5.41) is 18.6. The van der Waals surface area contributed by atoms with Crippen LogP contribution in [0.3, 0.4) is 0 Å². The van der Waals surface area contributed by atoms with Crippen LogP contribution in [0.25, 0.3) is 0 Å². The first-order valence-electron chi connectivity index (χ1n) is 3.32. The van der Waals surface area contributed by atoms with Gasteiger partial charge in [0, 0.05) is 12.8 Å². The van der Waals surface area contributed by atoms with Crippen LogP contribution < -0.4 is 5.32 Å². The first-order chi connectivity index (χ1) is 5.31. The van der Waals surface area contributed by atoms with Gasteiger partial charge in [-0.1, -0.05) is 0 Å². The summed E-state index contributed by atoms with van der Waals surface area (Å²) in [4.78, 5) is 10.7. The number of amides is 1. The van der Waals surface area contributed by atoms with Gasteiger partial charge in [-0.05, 0) is 6.42 Å². The van der Waals surface area contributed by atoms with E-state index in [0.717, 1.165) is 0 Å². The van der Waals surface area contributed by atoms with E-state index >= 15 is 0 Å². The molecule has 11 heavy (non-hydrogen) atoms. The Morgan fingerprint density at radius 1 is 1.36 bits per heavy atom. The minimum atomic E-state index is -0.165. The highest BCUT2D eigenvalue weighted by Gasteiger charge is 1.97. The molecule has 0 heterocycles.